The van der Waals surface area contributed by atoms with E-state index in [4.69, 9.17) is 0 Å². The van der Waals surface area contributed by atoms with Gasteiger partial charge in [-0.3, -0.25) is 0 Å². The molecule has 0 aromatic rings. The van der Waals surface area contributed by atoms with Gasteiger partial charge in [0, 0.05) is 0 Å². The molecule has 24 heavy (non-hydrogen) atoms. The summed E-state index contributed by atoms with van der Waals surface area (Å²) in [6.07, 6.45) is 22.8. The van der Waals surface area contributed by atoms with Gasteiger partial charge in [0.15, 0.2) is 0 Å². The van der Waals surface area contributed by atoms with E-state index in [1.165, 1.54) is 89.9 Å². The van der Waals surface area contributed by atoms with E-state index in [-0.39, 0.29) is 6.10 Å². The minimum Gasteiger partial charge on any atom is -0.393 e. The molecule has 140 valence electrons. The van der Waals surface area contributed by atoms with Crippen molar-refractivity contribution in [2.45, 2.75) is 116 Å². The Morgan fingerprint density at radius 3 is 2.04 bits per heavy atom. The summed E-state index contributed by atoms with van der Waals surface area (Å²) >= 11 is 0. The van der Waals surface area contributed by atoms with E-state index in [1.807, 2.05) is 0 Å². The van der Waals surface area contributed by atoms with Gasteiger partial charge in [-0.15, -0.1) is 0 Å². The molecule has 0 bridgehead atoms. The third kappa shape index (κ3) is 5.23. The van der Waals surface area contributed by atoms with Gasteiger partial charge in [-0.1, -0.05) is 58.3 Å². The van der Waals surface area contributed by atoms with Crippen molar-refractivity contribution in [3.63, 3.8) is 0 Å². The summed E-state index contributed by atoms with van der Waals surface area (Å²) in [5, 5.41) is 10.0. The van der Waals surface area contributed by atoms with Gasteiger partial charge >= 0.3 is 0 Å². The summed E-state index contributed by atoms with van der Waals surface area (Å²) in [6, 6.07) is 0. The molecule has 0 radical (unpaired) electrons. The van der Waals surface area contributed by atoms with Crippen LogP contribution in [-0.4, -0.2) is 11.2 Å². The smallest absolute Gasteiger partial charge is 0.0543 e. The first-order valence-corrected chi connectivity index (χ1v) is 11.4. The topological polar surface area (TPSA) is 20.2 Å². The molecule has 3 fully saturated rings. The highest BCUT2D eigenvalue weighted by atomic mass is 16.3. The van der Waals surface area contributed by atoms with Crippen molar-refractivity contribution < 1.29 is 5.11 Å². The molecule has 3 rings (SSSR count). The molecule has 1 N–H and O–H groups in total. The van der Waals surface area contributed by atoms with Crippen LogP contribution in [0.3, 0.4) is 0 Å². The van der Waals surface area contributed by atoms with E-state index in [0.29, 0.717) is 0 Å². The normalized spacial score (nSPS) is 40.2. The van der Waals surface area contributed by atoms with Gasteiger partial charge in [-0.2, -0.15) is 0 Å². The first-order chi connectivity index (χ1) is 11.8. The number of hydrogen-bond donors (Lipinski definition) is 1. The Morgan fingerprint density at radius 2 is 1.25 bits per heavy atom. The number of hydrogen-bond acceptors (Lipinski definition) is 1. The number of fused-ring (bicyclic) bond motifs is 1. The van der Waals surface area contributed by atoms with Crippen molar-refractivity contribution in [1.82, 2.24) is 0 Å². The zero-order valence-electron chi connectivity index (χ0n) is 16.2. The first-order valence-electron chi connectivity index (χ1n) is 11.4. The lowest BCUT2D eigenvalue weighted by molar-refractivity contribution is 0.0179. The third-order valence-electron chi connectivity index (χ3n) is 7.90. The Hall–Kier alpha value is -0.0400. The minimum absolute atomic E-state index is 0.0217. The van der Waals surface area contributed by atoms with Gasteiger partial charge < -0.3 is 5.11 Å². The fraction of sp³-hybridized carbons (Fsp3) is 1.00. The minimum atomic E-state index is 0.0217. The van der Waals surface area contributed by atoms with E-state index >= 15 is 0 Å². The SMILES string of the molecule is CCCCCCCC1CCC(C2CCC3CCC(O)CC3C2)CC1. The van der Waals surface area contributed by atoms with Crippen LogP contribution in [0.15, 0.2) is 0 Å². The summed E-state index contributed by atoms with van der Waals surface area (Å²) in [5.74, 6) is 4.91. The summed E-state index contributed by atoms with van der Waals surface area (Å²) in [4.78, 5) is 0. The van der Waals surface area contributed by atoms with Gasteiger partial charge in [-0.25, -0.2) is 0 Å². The maximum absolute atomic E-state index is 10.0. The number of aliphatic hydroxyl groups is 1. The number of unbranched alkanes of at least 4 members (excludes halogenated alkanes) is 4. The van der Waals surface area contributed by atoms with Crippen LogP contribution >= 0.6 is 0 Å². The van der Waals surface area contributed by atoms with Gasteiger partial charge in [0.25, 0.3) is 0 Å². The van der Waals surface area contributed by atoms with Gasteiger partial charge in [0.2, 0.25) is 0 Å². The molecule has 3 saturated carbocycles. The van der Waals surface area contributed by atoms with Crippen LogP contribution in [0.4, 0.5) is 0 Å². The summed E-state index contributed by atoms with van der Waals surface area (Å²) in [5.41, 5.74) is 0. The van der Waals surface area contributed by atoms with E-state index < -0.39 is 0 Å². The van der Waals surface area contributed by atoms with E-state index in [0.717, 1.165) is 42.4 Å². The molecule has 0 aromatic heterocycles. The Balaban J connectivity index is 1.34. The zero-order chi connectivity index (χ0) is 16.8. The van der Waals surface area contributed by atoms with Crippen molar-refractivity contribution in [3.8, 4) is 0 Å². The van der Waals surface area contributed by atoms with Crippen LogP contribution in [0, 0.1) is 29.6 Å². The molecule has 0 aromatic carbocycles. The van der Waals surface area contributed by atoms with Crippen molar-refractivity contribution in [3.05, 3.63) is 0 Å². The van der Waals surface area contributed by atoms with Gasteiger partial charge in [0.05, 0.1) is 6.10 Å². The average molecular weight is 335 g/mol. The molecule has 0 saturated heterocycles. The number of aliphatic hydroxyl groups excluding tert-OH is 1. The quantitative estimate of drug-likeness (QED) is 0.512. The molecular weight excluding hydrogens is 292 g/mol. The fourth-order valence-electron chi connectivity index (χ4n) is 6.32. The summed E-state index contributed by atoms with van der Waals surface area (Å²) in [6.45, 7) is 2.31. The van der Waals surface area contributed by atoms with Crippen molar-refractivity contribution in [2.75, 3.05) is 0 Å². The predicted molar refractivity (Wildman–Crippen MR) is 103 cm³/mol. The number of rotatable bonds is 7. The fourth-order valence-corrected chi connectivity index (χ4v) is 6.32. The maximum atomic E-state index is 10.0. The Labute approximate surface area is 151 Å². The monoisotopic (exact) mass is 334 g/mol. The van der Waals surface area contributed by atoms with Crippen LogP contribution in [0.25, 0.3) is 0 Å². The lowest BCUT2D eigenvalue weighted by Gasteiger charge is -2.44. The molecular formula is C23H42O. The molecule has 0 spiro atoms. The molecule has 1 heteroatoms. The van der Waals surface area contributed by atoms with Crippen LogP contribution in [0.2, 0.25) is 0 Å². The van der Waals surface area contributed by atoms with E-state index in [1.54, 1.807) is 0 Å². The van der Waals surface area contributed by atoms with Crippen LogP contribution in [-0.2, 0) is 0 Å². The van der Waals surface area contributed by atoms with Crippen molar-refractivity contribution in [2.24, 2.45) is 29.6 Å². The van der Waals surface area contributed by atoms with Gasteiger partial charge in [-0.05, 0) is 81.0 Å². The molecule has 0 heterocycles. The Kier molecular flexibility index (Phi) is 7.50. The molecule has 0 aliphatic heterocycles. The molecule has 3 aliphatic rings. The summed E-state index contributed by atoms with van der Waals surface area (Å²) in [7, 11) is 0. The van der Waals surface area contributed by atoms with Crippen molar-refractivity contribution >= 4 is 0 Å². The molecule has 4 atom stereocenters. The van der Waals surface area contributed by atoms with Crippen LogP contribution in [0.5, 0.6) is 0 Å². The lowest BCUT2D eigenvalue weighted by Crippen LogP contribution is -2.36. The van der Waals surface area contributed by atoms with E-state index in [9.17, 15) is 5.11 Å². The Morgan fingerprint density at radius 1 is 0.625 bits per heavy atom. The highest BCUT2D eigenvalue weighted by Gasteiger charge is 2.38. The lowest BCUT2D eigenvalue weighted by atomic mass is 9.62. The molecule has 4 unspecified atom stereocenters. The summed E-state index contributed by atoms with van der Waals surface area (Å²) < 4.78 is 0. The average Bonchev–Trinajstić information content (AvgIpc) is 2.61. The second kappa shape index (κ2) is 9.60. The highest BCUT2D eigenvalue weighted by molar-refractivity contribution is 4.89. The van der Waals surface area contributed by atoms with E-state index in [2.05, 4.69) is 6.92 Å². The van der Waals surface area contributed by atoms with Crippen LogP contribution in [0.1, 0.15) is 110 Å². The molecule has 0 amide bonds. The second-order valence-corrected chi connectivity index (χ2v) is 9.54. The predicted octanol–water partition coefficient (Wildman–Crippen LogP) is 6.73. The Bertz CT molecular complexity index is 344. The second-order valence-electron chi connectivity index (χ2n) is 9.54. The molecule has 3 aliphatic carbocycles. The third-order valence-corrected chi connectivity index (χ3v) is 7.90. The standard InChI is InChI=1S/C23H42O/c1-2-3-4-5-6-7-18-8-10-19(11-9-18)21-13-12-20-14-15-23(24)17-22(20)16-21/h18-24H,2-17H2,1H3. The van der Waals surface area contributed by atoms with Gasteiger partial charge in [0.1, 0.15) is 0 Å². The van der Waals surface area contributed by atoms with Crippen molar-refractivity contribution in [1.29, 1.82) is 0 Å². The van der Waals surface area contributed by atoms with Crippen LogP contribution < -0.4 is 0 Å². The molecule has 1 nitrogen and oxygen atoms in total. The highest BCUT2D eigenvalue weighted by Crippen LogP contribution is 2.48. The zero-order valence-corrected chi connectivity index (χ0v) is 16.2. The first kappa shape index (κ1) is 18.7. The largest absolute Gasteiger partial charge is 0.393 e. The maximum Gasteiger partial charge on any atom is 0.0543 e.